The number of hydrogen-bond acceptors (Lipinski definition) is 6. The van der Waals surface area contributed by atoms with Crippen LogP contribution >= 0.6 is 11.6 Å². The number of morpholine rings is 1. The molecule has 6 rings (SSSR count). The number of carbonyl (C=O) groups excluding carboxylic acids is 1. The van der Waals surface area contributed by atoms with Crippen LogP contribution in [0.5, 0.6) is 5.75 Å². The van der Waals surface area contributed by atoms with Crippen LogP contribution in [0.15, 0.2) is 36.9 Å². The molecule has 2 aromatic carbocycles. The summed E-state index contributed by atoms with van der Waals surface area (Å²) in [5, 5.41) is 13.1. The molecule has 43 heavy (non-hydrogen) atoms. The molecule has 230 valence electrons. The Morgan fingerprint density at radius 1 is 1.16 bits per heavy atom. The number of halogens is 3. The monoisotopic (exact) mass is 613 g/mol. The van der Waals surface area contributed by atoms with Crippen LogP contribution in [-0.4, -0.2) is 96.1 Å². The van der Waals surface area contributed by atoms with Gasteiger partial charge < -0.3 is 24.6 Å². The van der Waals surface area contributed by atoms with Crippen molar-refractivity contribution in [2.45, 2.75) is 63.4 Å². The van der Waals surface area contributed by atoms with Gasteiger partial charge in [0.2, 0.25) is 5.91 Å². The Labute approximate surface area is 256 Å². The van der Waals surface area contributed by atoms with E-state index in [-0.39, 0.29) is 40.5 Å². The number of nitrogens with one attached hydrogen (secondary N) is 2. The van der Waals surface area contributed by atoms with Crippen LogP contribution in [0.2, 0.25) is 5.02 Å². The highest BCUT2D eigenvalue weighted by Gasteiger charge is 2.39. The zero-order valence-corrected chi connectivity index (χ0v) is 25.3. The maximum atomic E-state index is 15.0. The van der Waals surface area contributed by atoms with Gasteiger partial charge in [-0.3, -0.25) is 15.1 Å². The van der Waals surface area contributed by atoms with Gasteiger partial charge >= 0.3 is 0 Å². The molecule has 2 aromatic rings. The van der Waals surface area contributed by atoms with Crippen LogP contribution < -0.4 is 10.1 Å². The van der Waals surface area contributed by atoms with Crippen molar-refractivity contribution < 1.29 is 23.0 Å². The number of hydrogen-bond donors (Lipinski definition) is 2. The smallest absolute Gasteiger partial charge is 0.246 e. The minimum atomic E-state index is -0.744. The maximum absolute atomic E-state index is 15.0. The van der Waals surface area contributed by atoms with E-state index >= 15 is 4.39 Å². The number of amidine groups is 1. The Balaban J connectivity index is 1.29. The lowest BCUT2D eigenvalue weighted by molar-refractivity contribution is -0.130. The van der Waals surface area contributed by atoms with Gasteiger partial charge in [0.25, 0.3) is 0 Å². The molecule has 4 heterocycles. The number of likely N-dealkylation sites (tertiary alicyclic amines) is 1. The van der Waals surface area contributed by atoms with Crippen molar-refractivity contribution in [3.63, 3.8) is 0 Å². The molecule has 1 amide bonds. The summed E-state index contributed by atoms with van der Waals surface area (Å²) in [5.74, 6) is -0.974. The molecule has 0 radical (unpaired) electrons. The summed E-state index contributed by atoms with van der Waals surface area (Å²) >= 11 is 6.80. The summed E-state index contributed by atoms with van der Waals surface area (Å²) in [6, 6.07) is 5.25. The molecule has 0 aliphatic carbocycles. The number of rotatable bonds is 7. The highest BCUT2D eigenvalue weighted by molar-refractivity contribution is 6.34. The number of amides is 1. The van der Waals surface area contributed by atoms with Gasteiger partial charge in [0.05, 0.1) is 29.5 Å². The molecule has 4 aliphatic heterocycles. The van der Waals surface area contributed by atoms with Crippen LogP contribution in [0.4, 0.5) is 14.5 Å². The molecule has 0 saturated carbocycles. The molecule has 2 N–H and O–H groups in total. The lowest BCUT2D eigenvalue weighted by Gasteiger charge is -2.45. The number of ether oxygens (including phenoxy) is 2. The molecule has 3 saturated heterocycles. The lowest BCUT2D eigenvalue weighted by Crippen LogP contribution is -2.59. The molecule has 3 fully saturated rings. The first-order chi connectivity index (χ1) is 20.6. The average Bonchev–Trinajstić information content (AvgIpc) is 3.61. The van der Waals surface area contributed by atoms with E-state index in [1.54, 1.807) is 11.0 Å². The molecule has 0 aromatic heterocycles. The maximum Gasteiger partial charge on any atom is 0.246 e. The summed E-state index contributed by atoms with van der Waals surface area (Å²) in [5.41, 5.74) is 1.56. The third kappa shape index (κ3) is 5.72. The minimum absolute atomic E-state index is 0.0272. The second-order valence-electron chi connectivity index (χ2n) is 12.1. The highest BCUT2D eigenvalue weighted by Crippen LogP contribution is 2.47. The van der Waals surface area contributed by atoms with Gasteiger partial charge in [0.15, 0.2) is 5.75 Å². The summed E-state index contributed by atoms with van der Waals surface area (Å²) in [7, 11) is 0. The molecule has 8 nitrogen and oxygen atoms in total. The van der Waals surface area contributed by atoms with Gasteiger partial charge in [-0.05, 0) is 63.9 Å². The molecule has 0 spiro atoms. The predicted octanol–water partition coefficient (Wildman–Crippen LogP) is 5.14. The Bertz CT molecular complexity index is 1440. The van der Waals surface area contributed by atoms with Gasteiger partial charge in [-0.15, -0.1) is 0 Å². The molecular weight excluding hydrogens is 576 g/mol. The number of benzene rings is 2. The number of piperazine rings is 1. The molecule has 4 aliphatic rings. The number of fused-ring (bicyclic) bond motifs is 3. The molecule has 5 atom stereocenters. The van der Waals surface area contributed by atoms with Crippen LogP contribution in [0, 0.1) is 17.0 Å². The van der Waals surface area contributed by atoms with Crippen LogP contribution in [-0.2, 0) is 9.53 Å². The van der Waals surface area contributed by atoms with E-state index in [2.05, 4.69) is 16.8 Å². The van der Waals surface area contributed by atoms with Gasteiger partial charge in [-0.2, -0.15) is 0 Å². The van der Waals surface area contributed by atoms with Crippen molar-refractivity contribution in [3.8, 4) is 16.9 Å². The van der Waals surface area contributed by atoms with Crippen LogP contribution in [0.3, 0.4) is 0 Å². The van der Waals surface area contributed by atoms with Crippen molar-refractivity contribution in [2.75, 3.05) is 44.7 Å². The van der Waals surface area contributed by atoms with Gasteiger partial charge in [-0.25, -0.2) is 8.78 Å². The molecule has 11 heteroatoms. The average molecular weight is 614 g/mol. The first-order valence-corrected chi connectivity index (χ1v) is 15.4. The fourth-order valence-electron chi connectivity index (χ4n) is 6.94. The van der Waals surface area contributed by atoms with Crippen molar-refractivity contribution in [3.05, 3.63) is 59.1 Å². The largest absolute Gasteiger partial charge is 0.489 e. The van der Waals surface area contributed by atoms with E-state index in [9.17, 15) is 14.6 Å². The number of nitrogens with zero attached hydrogens (tertiary/aromatic N) is 3. The van der Waals surface area contributed by atoms with E-state index in [1.807, 2.05) is 18.7 Å². The number of anilines is 1. The van der Waals surface area contributed by atoms with E-state index in [1.165, 1.54) is 18.2 Å². The fourth-order valence-corrected chi connectivity index (χ4v) is 7.24. The normalized spacial score (nSPS) is 26.6. The van der Waals surface area contributed by atoms with Crippen LogP contribution in [0.1, 0.15) is 38.7 Å². The summed E-state index contributed by atoms with van der Waals surface area (Å²) < 4.78 is 40.9. The fraction of sp³-hybridized carbons (Fsp3) is 0.500. The van der Waals surface area contributed by atoms with E-state index in [0.29, 0.717) is 54.4 Å². The van der Waals surface area contributed by atoms with Crippen LogP contribution in [0.25, 0.3) is 11.1 Å². The second-order valence-corrected chi connectivity index (χ2v) is 12.5. The third-order valence-corrected chi connectivity index (χ3v) is 9.51. The minimum Gasteiger partial charge on any atom is -0.489 e. The lowest BCUT2D eigenvalue weighted by atomic mass is 9.96. The Morgan fingerprint density at radius 3 is 2.63 bits per heavy atom. The van der Waals surface area contributed by atoms with Gasteiger partial charge in [0, 0.05) is 60.5 Å². The van der Waals surface area contributed by atoms with Crippen molar-refractivity contribution in [1.82, 2.24) is 14.7 Å². The second kappa shape index (κ2) is 12.1. The van der Waals surface area contributed by atoms with Gasteiger partial charge in [-0.1, -0.05) is 18.2 Å². The van der Waals surface area contributed by atoms with Gasteiger partial charge in [0.1, 0.15) is 24.1 Å². The number of carbonyl (C=O) groups is 1. The topological polar surface area (TPSA) is 81.1 Å². The first kappa shape index (κ1) is 29.8. The summed E-state index contributed by atoms with van der Waals surface area (Å²) in [4.78, 5) is 18.6. The molecular formula is C32H38ClF2N5O3. The molecule has 0 unspecified atom stereocenters. The van der Waals surface area contributed by atoms with E-state index < -0.39 is 11.6 Å². The van der Waals surface area contributed by atoms with Crippen molar-refractivity contribution >= 4 is 29.0 Å². The van der Waals surface area contributed by atoms with Crippen molar-refractivity contribution in [1.29, 1.82) is 5.41 Å². The van der Waals surface area contributed by atoms with E-state index in [4.69, 9.17) is 21.1 Å². The highest BCUT2D eigenvalue weighted by atomic mass is 35.5. The third-order valence-electron chi connectivity index (χ3n) is 9.21. The van der Waals surface area contributed by atoms with E-state index in [0.717, 1.165) is 45.0 Å². The predicted molar refractivity (Wildman–Crippen MR) is 163 cm³/mol. The first-order valence-electron chi connectivity index (χ1n) is 15.0. The Morgan fingerprint density at radius 2 is 1.93 bits per heavy atom. The van der Waals surface area contributed by atoms with Crippen molar-refractivity contribution in [2.24, 2.45) is 0 Å². The quantitative estimate of drug-likeness (QED) is 0.256. The SMILES string of the molecule is C=CC(=O)N1C[C@H](C)N(C(=N)c2cc(Cl)c(-c3ccc(F)cc3F)c3c2N[C@H](CCCN2C[C@H]4C[C@@H]2CO4)CO3)C[C@H]1C. The summed E-state index contributed by atoms with van der Waals surface area (Å²) in [6.07, 6.45) is 4.60. The Kier molecular flexibility index (Phi) is 8.37. The zero-order chi connectivity index (χ0) is 30.4. The Hall–Kier alpha value is -3.21. The standard InChI is InChI=1S/C32H38ClF2N5O3/c1-4-28(41)39-13-19(3)40(14-18(39)2)32(36)25-12-26(33)29(24-8-7-20(34)10-27(24)35)31-30(25)37-21(16-43-31)6-5-9-38-15-23-11-22(38)17-42-23/h4,7-8,10,12,18-19,21-23,36-37H,1,5-6,9,11,13-17H2,2-3H3/t18-,19+,21-,22-,23-/m1/s1. The molecule has 2 bridgehead atoms. The summed E-state index contributed by atoms with van der Waals surface area (Å²) in [6.45, 7) is 11.6. The zero-order valence-electron chi connectivity index (χ0n) is 24.5.